The summed E-state index contributed by atoms with van der Waals surface area (Å²) in [7, 11) is 0. The topological polar surface area (TPSA) is 40.5 Å². The Labute approximate surface area is 95.2 Å². The standard InChI is InChI=1S/C11H19NO2S/c1-11(14)5-6-12(8-11)10(13)9-4-2-3-7-15-9/h9,14H,2-8H2,1H3. The molecule has 0 bridgehead atoms. The van der Waals surface area contributed by atoms with E-state index in [1.54, 1.807) is 11.8 Å². The van der Waals surface area contributed by atoms with Crippen molar-refractivity contribution in [3.63, 3.8) is 0 Å². The molecule has 3 nitrogen and oxygen atoms in total. The summed E-state index contributed by atoms with van der Waals surface area (Å²) >= 11 is 1.79. The summed E-state index contributed by atoms with van der Waals surface area (Å²) in [5.41, 5.74) is -0.658. The van der Waals surface area contributed by atoms with Gasteiger partial charge in [0.25, 0.3) is 0 Å². The van der Waals surface area contributed by atoms with Crippen molar-refractivity contribution in [2.75, 3.05) is 18.8 Å². The van der Waals surface area contributed by atoms with Gasteiger partial charge in [0.1, 0.15) is 0 Å². The molecule has 2 aliphatic rings. The molecule has 2 atom stereocenters. The SMILES string of the molecule is CC1(O)CCN(C(=O)C2CCCCS2)C1. The second-order valence-corrected chi connectivity index (χ2v) is 6.17. The van der Waals surface area contributed by atoms with Gasteiger partial charge in [-0.15, -0.1) is 11.8 Å². The van der Waals surface area contributed by atoms with Gasteiger partial charge in [0.2, 0.25) is 5.91 Å². The molecule has 0 radical (unpaired) electrons. The van der Waals surface area contributed by atoms with Crippen molar-refractivity contribution >= 4 is 17.7 Å². The number of hydrogen-bond acceptors (Lipinski definition) is 3. The van der Waals surface area contributed by atoms with Crippen molar-refractivity contribution in [2.24, 2.45) is 0 Å². The third-order valence-corrected chi connectivity index (χ3v) is 4.58. The predicted octanol–water partition coefficient (Wildman–Crippen LogP) is 1.26. The van der Waals surface area contributed by atoms with Crippen LogP contribution in [0.4, 0.5) is 0 Å². The average Bonchev–Trinajstić information content (AvgIpc) is 2.59. The van der Waals surface area contributed by atoms with Crippen LogP contribution in [0.5, 0.6) is 0 Å². The summed E-state index contributed by atoms with van der Waals surface area (Å²) in [4.78, 5) is 13.9. The Kier molecular flexibility index (Phi) is 3.26. The summed E-state index contributed by atoms with van der Waals surface area (Å²) in [6, 6.07) is 0. The number of carbonyl (C=O) groups is 1. The summed E-state index contributed by atoms with van der Waals surface area (Å²) in [5, 5.41) is 9.97. The largest absolute Gasteiger partial charge is 0.388 e. The van der Waals surface area contributed by atoms with Crippen LogP contribution in [0.2, 0.25) is 0 Å². The molecule has 0 aromatic heterocycles. The van der Waals surface area contributed by atoms with Crippen molar-refractivity contribution in [1.29, 1.82) is 0 Å². The first-order chi connectivity index (χ1) is 7.08. The van der Waals surface area contributed by atoms with Crippen molar-refractivity contribution in [3.8, 4) is 0 Å². The van der Waals surface area contributed by atoms with Crippen LogP contribution in [-0.4, -0.2) is 45.6 Å². The lowest BCUT2D eigenvalue weighted by molar-refractivity contribution is -0.130. The molecule has 15 heavy (non-hydrogen) atoms. The number of rotatable bonds is 1. The molecule has 2 heterocycles. The van der Waals surface area contributed by atoms with E-state index in [0.717, 1.165) is 25.1 Å². The van der Waals surface area contributed by atoms with E-state index in [1.165, 1.54) is 12.8 Å². The molecule has 2 rings (SSSR count). The van der Waals surface area contributed by atoms with Crippen LogP contribution in [0.15, 0.2) is 0 Å². The first-order valence-electron chi connectivity index (χ1n) is 5.71. The van der Waals surface area contributed by atoms with Crippen LogP contribution in [0.25, 0.3) is 0 Å². The lowest BCUT2D eigenvalue weighted by Crippen LogP contribution is -2.39. The van der Waals surface area contributed by atoms with E-state index in [1.807, 2.05) is 11.8 Å². The molecule has 0 aromatic rings. The molecule has 0 saturated carbocycles. The Morgan fingerprint density at radius 2 is 2.33 bits per heavy atom. The number of β-amino-alcohol motifs (C(OH)–C–C–N with tert-alkyl or cyclic N) is 1. The first kappa shape index (κ1) is 11.3. The van der Waals surface area contributed by atoms with Gasteiger partial charge < -0.3 is 10.0 Å². The summed E-state index contributed by atoms with van der Waals surface area (Å²) < 4.78 is 0. The second-order valence-electron chi connectivity index (χ2n) is 4.86. The van der Waals surface area contributed by atoms with E-state index < -0.39 is 5.60 Å². The van der Waals surface area contributed by atoms with Crippen LogP contribution in [-0.2, 0) is 4.79 Å². The lowest BCUT2D eigenvalue weighted by atomic mass is 10.1. The first-order valence-corrected chi connectivity index (χ1v) is 6.76. The zero-order valence-electron chi connectivity index (χ0n) is 9.24. The molecule has 2 aliphatic heterocycles. The molecule has 4 heteroatoms. The van der Waals surface area contributed by atoms with Crippen LogP contribution >= 0.6 is 11.8 Å². The van der Waals surface area contributed by atoms with Gasteiger partial charge >= 0.3 is 0 Å². The molecule has 86 valence electrons. The lowest BCUT2D eigenvalue weighted by Gasteiger charge is -2.26. The fourth-order valence-corrected chi connectivity index (χ4v) is 3.55. The minimum Gasteiger partial charge on any atom is -0.388 e. The maximum atomic E-state index is 12.1. The molecule has 1 amide bonds. The van der Waals surface area contributed by atoms with E-state index in [0.29, 0.717) is 6.54 Å². The van der Waals surface area contributed by atoms with Gasteiger partial charge in [-0.2, -0.15) is 0 Å². The van der Waals surface area contributed by atoms with E-state index in [9.17, 15) is 9.90 Å². The Morgan fingerprint density at radius 1 is 1.53 bits per heavy atom. The molecule has 0 aliphatic carbocycles. The molecule has 0 aromatic carbocycles. The average molecular weight is 229 g/mol. The van der Waals surface area contributed by atoms with Gasteiger partial charge in [-0.05, 0) is 31.9 Å². The molecule has 2 fully saturated rings. The third kappa shape index (κ3) is 2.67. The number of thioether (sulfide) groups is 1. The predicted molar refractivity (Wildman–Crippen MR) is 61.9 cm³/mol. The van der Waals surface area contributed by atoms with Gasteiger partial charge in [0.05, 0.1) is 10.9 Å². The number of aliphatic hydroxyl groups is 1. The number of hydrogen-bond donors (Lipinski definition) is 1. The number of likely N-dealkylation sites (tertiary alicyclic amines) is 1. The van der Waals surface area contributed by atoms with E-state index >= 15 is 0 Å². The number of nitrogens with zero attached hydrogens (tertiary/aromatic N) is 1. The van der Waals surface area contributed by atoms with Crippen molar-refractivity contribution in [2.45, 2.75) is 43.5 Å². The van der Waals surface area contributed by atoms with Crippen LogP contribution in [0.3, 0.4) is 0 Å². The van der Waals surface area contributed by atoms with Crippen molar-refractivity contribution in [1.82, 2.24) is 4.90 Å². The molecule has 2 saturated heterocycles. The van der Waals surface area contributed by atoms with Crippen molar-refractivity contribution in [3.05, 3.63) is 0 Å². The van der Waals surface area contributed by atoms with Gasteiger partial charge in [-0.3, -0.25) is 4.79 Å². The summed E-state index contributed by atoms with van der Waals surface area (Å²) in [6.07, 6.45) is 4.15. The second kappa shape index (κ2) is 4.34. The third-order valence-electron chi connectivity index (χ3n) is 3.22. The van der Waals surface area contributed by atoms with E-state index in [4.69, 9.17) is 0 Å². The minimum absolute atomic E-state index is 0.160. The smallest absolute Gasteiger partial charge is 0.235 e. The van der Waals surface area contributed by atoms with Crippen LogP contribution < -0.4 is 0 Å². The molecule has 0 spiro atoms. The summed E-state index contributed by atoms with van der Waals surface area (Å²) in [5.74, 6) is 1.36. The molecular formula is C11H19NO2S. The molecule has 1 N–H and O–H groups in total. The normalized spacial score (nSPS) is 36.9. The molecular weight excluding hydrogens is 210 g/mol. The van der Waals surface area contributed by atoms with Crippen molar-refractivity contribution < 1.29 is 9.90 Å². The highest BCUT2D eigenvalue weighted by atomic mass is 32.2. The van der Waals surface area contributed by atoms with E-state index in [-0.39, 0.29) is 11.2 Å². The zero-order valence-corrected chi connectivity index (χ0v) is 10.1. The Balaban J connectivity index is 1.90. The van der Waals surface area contributed by atoms with Crippen LogP contribution in [0.1, 0.15) is 32.6 Å². The zero-order chi connectivity index (χ0) is 10.9. The fraction of sp³-hybridized carbons (Fsp3) is 0.909. The highest BCUT2D eigenvalue weighted by Gasteiger charge is 2.36. The Bertz CT molecular complexity index is 249. The summed E-state index contributed by atoms with van der Waals surface area (Å²) in [6.45, 7) is 3.06. The van der Waals surface area contributed by atoms with Crippen LogP contribution in [0, 0.1) is 0 Å². The Hall–Kier alpha value is -0.220. The van der Waals surface area contributed by atoms with Gasteiger partial charge in [-0.25, -0.2) is 0 Å². The maximum Gasteiger partial charge on any atom is 0.235 e. The van der Waals surface area contributed by atoms with Gasteiger partial charge in [0.15, 0.2) is 0 Å². The quantitative estimate of drug-likeness (QED) is 0.736. The maximum absolute atomic E-state index is 12.1. The number of amides is 1. The van der Waals surface area contributed by atoms with Gasteiger partial charge in [-0.1, -0.05) is 6.42 Å². The van der Waals surface area contributed by atoms with E-state index in [2.05, 4.69) is 0 Å². The molecule has 2 unspecified atom stereocenters. The highest BCUT2D eigenvalue weighted by molar-refractivity contribution is 8.00. The monoisotopic (exact) mass is 229 g/mol. The van der Waals surface area contributed by atoms with Gasteiger partial charge in [0, 0.05) is 13.1 Å². The highest BCUT2D eigenvalue weighted by Crippen LogP contribution is 2.29. The number of carbonyl (C=O) groups excluding carboxylic acids is 1. The minimum atomic E-state index is -0.658. The Morgan fingerprint density at radius 3 is 2.87 bits per heavy atom. The fourth-order valence-electron chi connectivity index (χ4n) is 2.27.